The number of carbonyl (C=O) groups is 2. The van der Waals surface area contributed by atoms with Crippen LogP contribution < -0.4 is 10.5 Å². The van der Waals surface area contributed by atoms with Crippen molar-refractivity contribution < 1.29 is 13.8 Å². The van der Waals surface area contributed by atoms with Gasteiger partial charge >= 0.3 is 0 Å². The van der Waals surface area contributed by atoms with Crippen molar-refractivity contribution in [3.63, 3.8) is 0 Å². The lowest BCUT2D eigenvalue weighted by Gasteiger charge is -2.32. The standard InChI is InChI=1S/C32H30ClN5O3S/c1-19-23(4-3-5-27(19)36-42(41)22-9-7-21(33)8-10-22)24-12-13-26(31(34)39)30-29(24)25-11-6-20(18-28(25)35-30)32(40)38-16-14-37(2)15-17-38/h3-13,18,35-36H,14-17H2,1-2H3,(H2,34,39). The third-order valence-electron chi connectivity index (χ3n) is 7.91. The molecule has 10 heteroatoms. The van der Waals surface area contributed by atoms with E-state index in [-0.39, 0.29) is 5.91 Å². The minimum absolute atomic E-state index is 0.0117. The number of benzene rings is 4. The molecule has 214 valence electrons. The molecule has 1 fully saturated rings. The molecule has 6 rings (SSSR count). The molecule has 5 aromatic rings. The van der Waals surface area contributed by atoms with Gasteiger partial charge in [0.05, 0.1) is 21.7 Å². The molecule has 2 heterocycles. The highest BCUT2D eigenvalue weighted by Crippen LogP contribution is 2.39. The van der Waals surface area contributed by atoms with E-state index in [1.54, 1.807) is 30.3 Å². The SMILES string of the molecule is Cc1c(NS(=O)c2ccc(Cl)cc2)cccc1-c1ccc(C(N)=O)c2[nH]c3cc(C(=O)N4CCN(C)CC4)ccc3c12. The zero-order chi connectivity index (χ0) is 29.5. The highest BCUT2D eigenvalue weighted by Gasteiger charge is 2.23. The second-order valence-corrected chi connectivity index (χ2v) is 12.2. The number of hydrogen-bond donors (Lipinski definition) is 3. The van der Waals surface area contributed by atoms with Crippen molar-refractivity contribution in [3.05, 3.63) is 94.5 Å². The first-order valence-corrected chi connectivity index (χ1v) is 15.1. The summed E-state index contributed by atoms with van der Waals surface area (Å²) in [5.74, 6) is -0.556. The Labute approximate surface area is 251 Å². The number of aromatic amines is 1. The van der Waals surface area contributed by atoms with Crippen LogP contribution in [0, 0.1) is 6.92 Å². The maximum absolute atomic E-state index is 13.3. The van der Waals surface area contributed by atoms with Crippen molar-refractivity contribution in [1.29, 1.82) is 0 Å². The predicted octanol–water partition coefficient (Wildman–Crippen LogP) is 5.57. The van der Waals surface area contributed by atoms with Crippen LogP contribution in [0.1, 0.15) is 26.3 Å². The topological polar surface area (TPSA) is 112 Å². The number of likely N-dealkylation sites (N-methyl/N-ethyl adjacent to an activating group) is 1. The van der Waals surface area contributed by atoms with Crippen LogP contribution in [0.4, 0.5) is 5.69 Å². The number of carbonyl (C=O) groups excluding carboxylic acids is 2. The molecule has 1 aromatic heterocycles. The number of nitrogens with one attached hydrogen (secondary N) is 2. The lowest BCUT2D eigenvalue weighted by molar-refractivity contribution is 0.0664. The minimum Gasteiger partial charge on any atom is -0.366 e. The van der Waals surface area contributed by atoms with Gasteiger partial charge in [-0.25, -0.2) is 4.21 Å². The average Bonchev–Trinajstić information content (AvgIpc) is 3.37. The van der Waals surface area contributed by atoms with Gasteiger partial charge in [0.1, 0.15) is 11.0 Å². The fraction of sp³-hybridized carbons (Fsp3) is 0.188. The van der Waals surface area contributed by atoms with E-state index in [9.17, 15) is 13.8 Å². The third-order valence-corrected chi connectivity index (χ3v) is 9.27. The summed E-state index contributed by atoms with van der Waals surface area (Å²) in [6.07, 6.45) is 0. The van der Waals surface area contributed by atoms with Gasteiger partial charge in [0.15, 0.2) is 0 Å². The van der Waals surface area contributed by atoms with E-state index in [0.29, 0.717) is 45.3 Å². The first-order chi connectivity index (χ1) is 20.2. The van der Waals surface area contributed by atoms with Crippen LogP contribution in [0.3, 0.4) is 0 Å². The summed E-state index contributed by atoms with van der Waals surface area (Å²) in [5.41, 5.74) is 11.5. The molecule has 0 radical (unpaired) electrons. The fourth-order valence-corrected chi connectivity index (χ4v) is 6.57. The van der Waals surface area contributed by atoms with Crippen molar-refractivity contribution >= 4 is 61.9 Å². The molecule has 4 N–H and O–H groups in total. The number of fused-ring (bicyclic) bond motifs is 3. The smallest absolute Gasteiger partial charge is 0.254 e. The number of halogens is 1. The molecular weight excluding hydrogens is 570 g/mol. The summed E-state index contributed by atoms with van der Waals surface area (Å²) in [7, 11) is 0.559. The van der Waals surface area contributed by atoms with Crippen LogP contribution in [0.5, 0.6) is 0 Å². The van der Waals surface area contributed by atoms with Crippen molar-refractivity contribution in [2.75, 3.05) is 37.9 Å². The second kappa shape index (κ2) is 11.2. The first-order valence-electron chi connectivity index (χ1n) is 13.6. The predicted molar refractivity (Wildman–Crippen MR) is 169 cm³/mol. The molecule has 8 nitrogen and oxygen atoms in total. The van der Waals surface area contributed by atoms with E-state index in [0.717, 1.165) is 46.1 Å². The largest absolute Gasteiger partial charge is 0.366 e. The lowest BCUT2D eigenvalue weighted by atomic mass is 9.93. The van der Waals surface area contributed by atoms with Crippen LogP contribution in [-0.2, 0) is 11.0 Å². The van der Waals surface area contributed by atoms with Gasteiger partial charge in [-0.15, -0.1) is 0 Å². The van der Waals surface area contributed by atoms with Crippen LogP contribution in [0.25, 0.3) is 32.9 Å². The minimum atomic E-state index is -1.50. The Morgan fingerprint density at radius 3 is 2.40 bits per heavy atom. The van der Waals surface area contributed by atoms with Gasteiger partial charge in [0.2, 0.25) is 0 Å². The number of nitrogens with zero attached hydrogens (tertiary/aromatic N) is 2. The Morgan fingerprint density at radius 2 is 1.69 bits per heavy atom. The number of hydrogen-bond acceptors (Lipinski definition) is 4. The molecule has 0 bridgehead atoms. The zero-order valence-electron chi connectivity index (χ0n) is 23.2. The number of piperazine rings is 1. The van der Waals surface area contributed by atoms with E-state index in [2.05, 4.69) is 21.7 Å². The van der Waals surface area contributed by atoms with Crippen LogP contribution in [0.2, 0.25) is 5.02 Å². The maximum Gasteiger partial charge on any atom is 0.254 e. The highest BCUT2D eigenvalue weighted by atomic mass is 35.5. The van der Waals surface area contributed by atoms with E-state index < -0.39 is 16.9 Å². The van der Waals surface area contributed by atoms with Gasteiger partial charge < -0.3 is 25.2 Å². The normalized spacial score (nSPS) is 14.8. The molecule has 1 saturated heterocycles. The third kappa shape index (κ3) is 5.15. The summed E-state index contributed by atoms with van der Waals surface area (Å²) in [6.45, 7) is 5.01. The molecule has 0 aliphatic carbocycles. The number of H-pyrrole nitrogens is 1. The first kappa shape index (κ1) is 28.0. The molecule has 1 aliphatic rings. The van der Waals surface area contributed by atoms with Crippen molar-refractivity contribution in [2.45, 2.75) is 11.8 Å². The molecule has 1 aliphatic heterocycles. The van der Waals surface area contributed by atoms with Crippen molar-refractivity contribution in [3.8, 4) is 11.1 Å². The molecule has 0 saturated carbocycles. The van der Waals surface area contributed by atoms with E-state index in [1.165, 1.54) is 0 Å². The quantitative estimate of drug-likeness (QED) is 0.237. The van der Waals surface area contributed by atoms with Crippen LogP contribution in [0.15, 0.2) is 77.7 Å². The van der Waals surface area contributed by atoms with E-state index in [1.807, 2.05) is 54.3 Å². The fourth-order valence-electron chi connectivity index (χ4n) is 5.52. The zero-order valence-corrected chi connectivity index (χ0v) is 24.8. The molecule has 1 unspecified atom stereocenters. The molecule has 1 atom stereocenters. The van der Waals surface area contributed by atoms with Crippen LogP contribution >= 0.6 is 11.6 Å². The summed E-state index contributed by atoms with van der Waals surface area (Å²) in [6, 6.07) is 21.9. The molecular formula is C32H30ClN5O3S. The number of primary amides is 1. The summed E-state index contributed by atoms with van der Waals surface area (Å²) in [4.78, 5) is 33.8. The number of amides is 2. The van der Waals surface area contributed by atoms with Gasteiger partial charge in [-0.2, -0.15) is 0 Å². The van der Waals surface area contributed by atoms with E-state index >= 15 is 0 Å². The van der Waals surface area contributed by atoms with Gasteiger partial charge in [-0.1, -0.05) is 35.9 Å². The van der Waals surface area contributed by atoms with Gasteiger partial charge in [-0.3, -0.25) is 9.59 Å². The summed E-state index contributed by atoms with van der Waals surface area (Å²) >= 11 is 5.99. The van der Waals surface area contributed by atoms with Gasteiger partial charge in [-0.05, 0) is 79.2 Å². The summed E-state index contributed by atoms with van der Waals surface area (Å²) in [5, 5.41) is 2.28. The molecule has 0 spiro atoms. The molecule has 2 amide bonds. The van der Waals surface area contributed by atoms with Gasteiger partial charge in [0.25, 0.3) is 11.8 Å². The Kier molecular flexibility index (Phi) is 7.49. The van der Waals surface area contributed by atoms with Crippen LogP contribution in [-0.4, -0.2) is 64.0 Å². The number of nitrogens with two attached hydrogens (primary N) is 1. The number of aromatic nitrogens is 1. The molecule has 4 aromatic carbocycles. The van der Waals surface area contributed by atoms with Gasteiger partial charge in [0, 0.05) is 53.1 Å². The Hall–Kier alpha value is -4.18. The highest BCUT2D eigenvalue weighted by molar-refractivity contribution is 7.86. The van der Waals surface area contributed by atoms with Crippen molar-refractivity contribution in [2.24, 2.45) is 5.73 Å². The Balaban J connectivity index is 1.43. The number of rotatable bonds is 6. The second-order valence-electron chi connectivity index (χ2n) is 10.6. The van der Waals surface area contributed by atoms with Crippen molar-refractivity contribution in [1.82, 2.24) is 14.8 Å². The summed E-state index contributed by atoms with van der Waals surface area (Å²) < 4.78 is 16.2. The Morgan fingerprint density at radius 1 is 0.952 bits per heavy atom. The van der Waals surface area contributed by atoms with E-state index in [4.69, 9.17) is 17.3 Å². The lowest BCUT2D eigenvalue weighted by Crippen LogP contribution is -2.47. The average molecular weight is 600 g/mol. The monoisotopic (exact) mass is 599 g/mol. The maximum atomic E-state index is 13.3. The number of anilines is 1. The molecule has 42 heavy (non-hydrogen) atoms. The Bertz CT molecular complexity index is 1880.